The fraction of sp³-hybridized carbons (Fsp3) is 0.333. The summed E-state index contributed by atoms with van der Waals surface area (Å²) in [6.45, 7) is 2.15. The molecule has 0 radical (unpaired) electrons. The lowest BCUT2D eigenvalue weighted by atomic mass is 10.3. The molecule has 2 rings (SSSR count). The van der Waals surface area contributed by atoms with Crippen LogP contribution in [0.2, 0.25) is 0 Å². The monoisotopic (exact) mass is 243 g/mol. The minimum atomic E-state index is -0.705. The van der Waals surface area contributed by atoms with Gasteiger partial charge in [0.2, 0.25) is 0 Å². The second kappa shape index (κ2) is 2.89. The van der Waals surface area contributed by atoms with E-state index >= 15 is 0 Å². The number of hydrogen-bond donors (Lipinski definition) is 1. The summed E-state index contributed by atoms with van der Waals surface area (Å²) in [6.07, 6.45) is 0. The van der Waals surface area contributed by atoms with Crippen molar-refractivity contribution in [1.82, 2.24) is 0 Å². The van der Waals surface area contributed by atoms with Gasteiger partial charge in [0.1, 0.15) is 0 Å². The molecule has 0 aliphatic carbocycles. The Morgan fingerprint density at radius 3 is 2.77 bits per heavy atom. The Hall–Kier alpha value is -0.740. The van der Waals surface area contributed by atoms with Gasteiger partial charge in [0.05, 0.1) is 6.54 Å². The molecule has 0 bridgehead atoms. The number of ether oxygens (including phenoxy) is 2. The topological polar surface area (TPSA) is 44.5 Å². The number of rotatable bonds is 1. The molecule has 1 atom stereocenters. The van der Waals surface area contributed by atoms with Gasteiger partial charge in [0.15, 0.2) is 11.5 Å². The van der Waals surface area contributed by atoms with Gasteiger partial charge in [-0.1, -0.05) is 15.9 Å². The molecule has 0 saturated heterocycles. The summed E-state index contributed by atoms with van der Waals surface area (Å²) >= 11 is 3.36. The van der Waals surface area contributed by atoms with Crippen LogP contribution in [0.4, 0.5) is 0 Å². The van der Waals surface area contributed by atoms with Crippen molar-refractivity contribution in [2.45, 2.75) is 12.7 Å². The van der Waals surface area contributed by atoms with Gasteiger partial charge in [0, 0.05) is 11.4 Å². The molecule has 3 nitrogen and oxygen atoms in total. The molecule has 4 heteroatoms. The van der Waals surface area contributed by atoms with E-state index in [2.05, 4.69) is 15.9 Å². The molecule has 0 saturated carbocycles. The van der Waals surface area contributed by atoms with E-state index in [9.17, 15) is 0 Å². The van der Waals surface area contributed by atoms with Gasteiger partial charge in [-0.3, -0.25) is 0 Å². The highest BCUT2D eigenvalue weighted by atomic mass is 79.9. The molecule has 1 heterocycles. The van der Waals surface area contributed by atoms with Crippen LogP contribution < -0.4 is 15.2 Å². The number of fused-ring (bicyclic) bond motifs is 1. The fourth-order valence-corrected chi connectivity index (χ4v) is 1.56. The highest BCUT2D eigenvalue weighted by Crippen LogP contribution is 2.40. The number of nitrogens with two attached hydrogens (primary N) is 1. The molecule has 1 unspecified atom stereocenters. The minimum absolute atomic E-state index is 0.333. The summed E-state index contributed by atoms with van der Waals surface area (Å²) < 4.78 is 12.0. The quantitative estimate of drug-likeness (QED) is 0.820. The van der Waals surface area contributed by atoms with Crippen molar-refractivity contribution in [3.63, 3.8) is 0 Å². The highest BCUT2D eigenvalue weighted by Gasteiger charge is 2.35. The van der Waals surface area contributed by atoms with E-state index in [1.54, 1.807) is 0 Å². The van der Waals surface area contributed by atoms with E-state index in [1.165, 1.54) is 0 Å². The molecule has 13 heavy (non-hydrogen) atoms. The van der Waals surface area contributed by atoms with Crippen LogP contribution in [0.5, 0.6) is 11.5 Å². The summed E-state index contributed by atoms with van der Waals surface area (Å²) in [4.78, 5) is 0. The predicted octanol–water partition coefficient (Wildman–Crippen LogP) is 1.90. The fourth-order valence-electron chi connectivity index (χ4n) is 1.22. The van der Waals surface area contributed by atoms with E-state index in [-0.39, 0.29) is 0 Å². The third-order valence-electron chi connectivity index (χ3n) is 1.93. The van der Waals surface area contributed by atoms with Gasteiger partial charge in [0.25, 0.3) is 5.79 Å². The van der Waals surface area contributed by atoms with Crippen molar-refractivity contribution < 1.29 is 9.47 Å². The van der Waals surface area contributed by atoms with Crippen molar-refractivity contribution >= 4 is 15.9 Å². The summed E-state index contributed by atoms with van der Waals surface area (Å²) in [5, 5.41) is 0. The van der Waals surface area contributed by atoms with E-state index in [4.69, 9.17) is 15.2 Å². The van der Waals surface area contributed by atoms with E-state index in [1.807, 2.05) is 25.1 Å². The lowest BCUT2D eigenvalue weighted by molar-refractivity contribution is -0.0521. The molecule has 1 aromatic rings. The molecule has 0 aromatic heterocycles. The van der Waals surface area contributed by atoms with Crippen LogP contribution in [0.3, 0.4) is 0 Å². The van der Waals surface area contributed by atoms with Gasteiger partial charge in [-0.25, -0.2) is 0 Å². The normalized spacial score (nSPS) is 24.8. The first kappa shape index (κ1) is 8.84. The molecule has 70 valence electrons. The van der Waals surface area contributed by atoms with Crippen LogP contribution >= 0.6 is 15.9 Å². The summed E-state index contributed by atoms with van der Waals surface area (Å²) in [7, 11) is 0. The first-order chi connectivity index (χ1) is 6.13. The summed E-state index contributed by atoms with van der Waals surface area (Å²) in [6, 6.07) is 5.64. The van der Waals surface area contributed by atoms with Crippen molar-refractivity contribution in [1.29, 1.82) is 0 Å². The standard InChI is InChI=1S/C9H10BrNO2/c1-9(5-11)12-7-3-2-6(10)4-8(7)13-9/h2-4H,5,11H2,1H3. The molecule has 0 amide bonds. The van der Waals surface area contributed by atoms with Crippen molar-refractivity contribution in [2.75, 3.05) is 6.54 Å². The van der Waals surface area contributed by atoms with Crippen LogP contribution in [0.25, 0.3) is 0 Å². The second-order valence-electron chi connectivity index (χ2n) is 3.13. The molecule has 1 aliphatic rings. The zero-order valence-corrected chi connectivity index (χ0v) is 8.80. The molecular formula is C9H10BrNO2. The SMILES string of the molecule is CC1(CN)Oc2ccc(Br)cc2O1. The maximum absolute atomic E-state index is 5.55. The predicted molar refractivity (Wildman–Crippen MR) is 52.9 cm³/mol. The Kier molecular flexibility index (Phi) is 1.96. The molecule has 2 N–H and O–H groups in total. The van der Waals surface area contributed by atoms with Crippen molar-refractivity contribution in [3.8, 4) is 11.5 Å². The van der Waals surface area contributed by atoms with E-state index < -0.39 is 5.79 Å². The summed E-state index contributed by atoms with van der Waals surface area (Å²) in [5.74, 6) is 0.779. The van der Waals surface area contributed by atoms with Gasteiger partial charge in [-0.05, 0) is 18.2 Å². The van der Waals surface area contributed by atoms with Crippen LogP contribution in [0.1, 0.15) is 6.92 Å². The lowest BCUT2D eigenvalue weighted by Crippen LogP contribution is -2.42. The number of hydrogen-bond acceptors (Lipinski definition) is 3. The summed E-state index contributed by atoms with van der Waals surface area (Å²) in [5.41, 5.74) is 5.52. The number of benzene rings is 1. The minimum Gasteiger partial charge on any atom is -0.447 e. The Labute approximate surface area is 85.0 Å². The smallest absolute Gasteiger partial charge is 0.260 e. The Bertz CT molecular complexity index is 342. The maximum atomic E-state index is 5.55. The Balaban J connectivity index is 2.35. The zero-order valence-electron chi connectivity index (χ0n) is 7.21. The average Bonchev–Trinajstić information content (AvgIpc) is 2.42. The Morgan fingerprint density at radius 1 is 1.38 bits per heavy atom. The first-order valence-corrected chi connectivity index (χ1v) is 4.80. The molecule has 0 fully saturated rings. The van der Waals surface area contributed by atoms with Crippen LogP contribution in [-0.4, -0.2) is 12.3 Å². The van der Waals surface area contributed by atoms with Crippen molar-refractivity contribution in [3.05, 3.63) is 22.7 Å². The molecule has 0 spiro atoms. The molecule has 1 aromatic carbocycles. The van der Waals surface area contributed by atoms with Gasteiger partial charge in [-0.15, -0.1) is 0 Å². The van der Waals surface area contributed by atoms with Crippen LogP contribution in [0.15, 0.2) is 22.7 Å². The zero-order chi connectivity index (χ0) is 9.47. The largest absolute Gasteiger partial charge is 0.447 e. The molecular weight excluding hydrogens is 234 g/mol. The highest BCUT2D eigenvalue weighted by molar-refractivity contribution is 9.10. The number of halogens is 1. The first-order valence-electron chi connectivity index (χ1n) is 4.01. The maximum Gasteiger partial charge on any atom is 0.260 e. The van der Waals surface area contributed by atoms with Gasteiger partial charge >= 0.3 is 0 Å². The third-order valence-corrected chi connectivity index (χ3v) is 2.42. The van der Waals surface area contributed by atoms with Crippen molar-refractivity contribution in [2.24, 2.45) is 5.73 Å². The van der Waals surface area contributed by atoms with Crippen LogP contribution in [0, 0.1) is 0 Å². The van der Waals surface area contributed by atoms with E-state index in [0.29, 0.717) is 6.54 Å². The molecule has 1 aliphatic heterocycles. The average molecular weight is 244 g/mol. The van der Waals surface area contributed by atoms with Crippen LogP contribution in [-0.2, 0) is 0 Å². The lowest BCUT2D eigenvalue weighted by Gasteiger charge is -2.20. The Morgan fingerprint density at radius 2 is 2.08 bits per heavy atom. The third kappa shape index (κ3) is 1.51. The van der Waals surface area contributed by atoms with Gasteiger partial charge < -0.3 is 15.2 Å². The van der Waals surface area contributed by atoms with E-state index in [0.717, 1.165) is 16.0 Å². The van der Waals surface area contributed by atoms with Gasteiger partial charge in [-0.2, -0.15) is 0 Å². The second-order valence-corrected chi connectivity index (χ2v) is 4.05.